The molecule has 0 saturated heterocycles. The minimum absolute atomic E-state index is 0.00622. The van der Waals surface area contributed by atoms with Crippen LogP contribution in [0.2, 0.25) is 0 Å². The largest absolute Gasteiger partial charge is 0.350 e. The molecule has 0 aliphatic rings. The maximum absolute atomic E-state index is 14.1. The van der Waals surface area contributed by atoms with Crippen molar-refractivity contribution in [3.8, 4) is 5.69 Å². The van der Waals surface area contributed by atoms with Crippen LogP contribution in [0.4, 0.5) is 8.78 Å². The van der Waals surface area contributed by atoms with E-state index in [9.17, 15) is 23.2 Å². The summed E-state index contributed by atoms with van der Waals surface area (Å²) in [5, 5.41) is 8.92. The molecule has 3 rings (SSSR count). The number of rotatable bonds is 6. The van der Waals surface area contributed by atoms with Crippen LogP contribution in [0.1, 0.15) is 26.5 Å². The number of aromatic nitrogens is 2. The lowest BCUT2D eigenvalue weighted by molar-refractivity contribution is 0.0921. The molecule has 1 aromatic heterocycles. The molecule has 0 fully saturated rings. The summed E-state index contributed by atoms with van der Waals surface area (Å²) in [6, 6.07) is 12.5. The molecule has 0 saturated carbocycles. The summed E-state index contributed by atoms with van der Waals surface area (Å²) < 4.78 is 28.8. The van der Waals surface area contributed by atoms with Gasteiger partial charge >= 0.3 is 0 Å². The van der Waals surface area contributed by atoms with E-state index >= 15 is 0 Å². The van der Waals surface area contributed by atoms with Crippen molar-refractivity contribution >= 4 is 11.8 Å². The Morgan fingerprint density at radius 1 is 0.933 bits per heavy atom. The van der Waals surface area contributed by atoms with Crippen LogP contribution in [-0.4, -0.2) is 34.7 Å². The van der Waals surface area contributed by atoms with Gasteiger partial charge in [0.1, 0.15) is 17.3 Å². The number of para-hydroxylation sites is 1. The maximum Gasteiger partial charge on any atom is 0.275 e. The Bertz CT molecular complexity index is 1160. The van der Waals surface area contributed by atoms with Crippen molar-refractivity contribution in [2.45, 2.75) is 6.92 Å². The minimum atomic E-state index is -0.773. The van der Waals surface area contributed by atoms with Crippen LogP contribution in [0, 0.1) is 18.6 Å². The van der Waals surface area contributed by atoms with Gasteiger partial charge in [0.15, 0.2) is 5.69 Å². The zero-order valence-electron chi connectivity index (χ0n) is 16.0. The molecule has 2 aromatic carbocycles. The highest BCUT2D eigenvalue weighted by Crippen LogP contribution is 2.13. The molecule has 2 N–H and O–H groups in total. The first-order valence-electron chi connectivity index (χ1n) is 9.05. The second kappa shape index (κ2) is 9.08. The first-order chi connectivity index (χ1) is 14.4. The van der Waals surface area contributed by atoms with Gasteiger partial charge in [0.05, 0.1) is 5.56 Å². The number of hydrogen-bond donors (Lipinski definition) is 2. The molecule has 0 atom stereocenters. The summed E-state index contributed by atoms with van der Waals surface area (Å²) in [6.07, 6.45) is 0. The Labute approximate surface area is 170 Å². The first-order valence-corrected chi connectivity index (χ1v) is 9.05. The molecule has 2 amide bonds. The van der Waals surface area contributed by atoms with Gasteiger partial charge in [-0.25, -0.2) is 13.5 Å². The zero-order chi connectivity index (χ0) is 21.7. The van der Waals surface area contributed by atoms with Crippen LogP contribution >= 0.6 is 0 Å². The lowest BCUT2D eigenvalue weighted by atomic mass is 10.2. The van der Waals surface area contributed by atoms with Gasteiger partial charge in [-0.3, -0.25) is 14.4 Å². The molecule has 0 spiro atoms. The van der Waals surface area contributed by atoms with Crippen LogP contribution in [0.3, 0.4) is 0 Å². The van der Waals surface area contributed by atoms with Crippen LogP contribution < -0.4 is 16.1 Å². The first kappa shape index (κ1) is 20.8. The van der Waals surface area contributed by atoms with Crippen molar-refractivity contribution in [1.82, 2.24) is 20.4 Å². The van der Waals surface area contributed by atoms with Crippen molar-refractivity contribution in [1.29, 1.82) is 0 Å². The molecular formula is C21H18F2N4O3. The number of carbonyl (C=O) groups excluding carboxylic acids is 2. The van der Waals surface area contributed by atoms with Crippen molar-refractivity contribution in [2.24, 2.45) is 0 Å². The number of hydrogen-bond acceptors (Lipinski definition) is 4. The SMILES string of the molecule is Cc1cc(=O)c(C(=O)NCCNC(=O)c2ccccc2F)nn1-c1ccccc1F. The van der Waals surface area contributed by atoms with Gasteiger partial charge in [-0.2, -0.15) is 5.10 Å². The zero-order valence-corrected chi connectivity index (χ0v) is 16.0. The summed E-state index contributed by atoms with van der Waals surface area (Å²) in [4.78, 5) is 36.5. The molecular weight excluding hydrogens is 394 g/mol. The van der Waals surface area contributed by atoms with Crippen molar-refractivity contribution in [3.05, 3.63) is 93.4 Å². The molecule has 0 radical (unpaired) electrons. The smallest absolute Gasteiger partial charge is 0.275 e. The fourth-order valence-electron chi connectivity index (χ4n) is 2.75. The van der Waals surface area contributed by atoms with Gasteiger partial charge in [0, 0.05) is 24.8 Å². The topological polar surface area (TPSA) is 93.1 Å². The van der Waals surface area contributed by atoms with E-state index in [1.165, 1.54) is 53.2 Å². The molecule has 0 unspecified atom stereocenters. The number of halogens is 2. The Morgan fingerprint density at radius 3 is 2.20 bits per heavy atom. The molecule has 154 valence electrons. The normalized spacial score (nSPS) is 10.5. The molecule has 0 aliphatic heterocycles. The number of carbonyl (C=O) groups is 2. The van der Waals surface area contributed by atoms with Crippen LogP contribution in [0.5, 0.6) is 0 Å². The fraction of sp³-hybridized carbons (Fsp3) is 0.143. The molecule has 0 aliphatic carbocycles. The predicted octanol–water partition coefficient (Wildman–Crippen LogP) is 1.98. The molecule has 30 heavy (non-hydrogen) atoms. The van der Waals surface area contributed by atoms with Gasteiger partial charge in [-0.15, -0.1) is 0 Å². The standard InChI is InChI=1S/C21H18F2N4O3/c1-13-12-18(28)19(26-27(13)17-9-5-4-8-16(17)23)21(30)25-11-10-24-20(29)14-6-2-3-7-15(14)22/h2-9,12H,10-11H2,1H3,(H,24,29)(H,25,30). The van der Waals surface area contributed by atoms with Gasteiger partial charge in [-0.05, 0) is 31.2 Å². The number of nitrogens with one attached hydrogen (secondary N) is 2. The van der Waals surface area contributed by atoms with E-state index in [1.807, 2.05) is 0 Å². The fourth-order valence-corrected chi connectivity index (χ4v) is 2.75. The number of aryl methyl sites for hydroxylation is 1. The number of nitrogens with zero attached hydrogens (tertiary/aromatic N) is 2. The Kier molecular flexibility index (Phi) is 6.31. The Hall–Kier alpha value is -3.88. The monoisotopic (exact) mass is 412 g/mol. The summed E-state index contributed by atoms with van der Waals surface area (Å²) in [5.41, 5.74) is -0.686. The molecule has 1 heterocycles. The highest BCUT2D eigenvalue weighted by Gasteiger charge is 2.16. The second-order valence-electron chi connectivity index (χ2n) is 6.35. The van der Waals surface area contributed by atoms with Crippen molar-refractivity contribution < 1.29 is 18.4 Å². The minimum Gasteiger partial charge on any atom is -0.350 e. The average molecular weight is 412 g/mol. The van der Waals surface area contributed by atoms with E-state index in [0.717, 1.165) is 0 Å². The van der Waals surface area contributed by atoms with Gasteiger partial charge in [0.2, 0.25) is 5.43 Å². The maximum atomic E-state index is 14.1. The molecule has 0 bridgehead atoms. The van der Waals surface area contributed by atoms with Crippen LogP contribution in [0.15, 0.2) is 59.4 Å². The number of benzene rings is 2. The molecule has 7 nitrogen and oxygen atoms in total. The third kappa shape index (κ3) is 4.57. The van der Waals surface area contributed by atoms with Crippen LogP contribution in [-0.2, 0) is 0 Å². The summed E-state index contributed by atoms with van der Waals surface area (Å²) in [5.74, 6) is -2.61. The predicted molar refractivity (Wildman–Crippen MR) is 106 cm³/mol. The second-order valence-corrected chi connectivity index (χ2v) is 6.35. The van der Waals surface area contributed by atoms with Gasteiger partial charge < -0.3 is 10.6 Å². The van der Waals surface area contributed by atoms with E-state index in [2.05, 4.69) is 15.7 Å². The summed E-state index contributed by atoms with van der Waals surface area (Å²) >= 11 is 0. The van der Waals surface area contributed by atoms with E-state index in [4.69, 9.17) is 0 Å². The van der Waals surface area contributed by atoms with Gasteiger partial charge in [-0.1, -0.05) is 24.3 Å². The quantitative estimate of drug-likeness (QED) is 0.606. The lowest BCUT2D eigenvalue weighted by Crippen LogP contribution is -2.37. The van der Waals surface area contributed by atoms with Gasteiger partial charge in [0.25, 0.3) is 11.8 Å². The van der Waals surface area contributed by atoms with Crippen molar-refractivity contribution in [2.75, 3.05) is 13.1 Å². The van der Waals surface area contributed by atoms with E-state index in [-0.39, 0.29) is 24.3 Å². The summed E-state index contributed by atoms with van der Waals surface area (Å²) in [6.45, 7) is 1.56. The third-order valence-electron chi connectivity index (χ3n) is 4.22. The number of amides is 2. The Morgan fingerprint density at radius 2 is 1.53 bits per heavy atom. The third-order valence-corrected chi connectivity index (χ3v) is 4.22. The van der Waals surface area contributed by atoms with Crippen molar-refractivity contribution in [3.63, 3.8) is 0 Å². The van der Waals surface area contributed by atoms with E-state index < -0.39 is 34.6 Å². The van der Waals surface area contributed by atoms with E-state index in [0.29, 0.717) is 5.69 Å². The van der Waals surface area contributed by atoms with E-state index in [1.54, 1.807) is 13.0 Å². The Balaban J connectivity index is 1.67. The van der Waals surface area contributed by atoms with Crippen LogP contribution in [0.25, 0.3) is 5.69 Å². The highest BCUT2D eigenvalue weighted by atomic mass is 19.1. The average Bonchev–Trinajstić information content (AvgIpc) is 2.72. The summed E-state index contributed by atoms with van der Waals surface area (Å²) in [7, 11) is 0. The lowest BCUT2D eigenvalue weighted by Gasteiger charge is -2.12. The molecule has 9 heteroatoms. The highest BCUT2D eigenvalue weighted by molar-refractivity contribution is 5.94. The molecule has 3 aromatic rings.